The lowest BCUT2D eigenvalue weighted by atomic mass is 10.1. The Hall–Kier alpha value is -3.13. The SMILES string of the molecule is C[C@H](C(=O)NCCOc1cccc2ccccc12)N(c1cccc(F)c1)S(C)(=O)=O. The number of carbonyl (C=O) groups is 1. The molecule has 3 aromatic rings. The van der Waals surface area contributed by atoms with Gasteiger partial charge in [0.05, 0.1) is 18.5 Å². The monoisotopic (exact) mass is 430 g/mol. The molecule has 3 aromatic carbocycles. The lowest BCUT2D eigenvalue weighted by molar-refractivity contribution is -0.121. The second-order valence-corrected chi connectivity index (χ2v) is 8.69. The van der Waals surface area contributed by atoms with Crippen molar-refractivity contribution < 1.29 is 22.3 Å². The molecule has 0 spiro atoms. The highest BCUT2D eigenvalue weighted by Crippen LogP contribution is 2.25. The average Bonchev–Trinajstić information content (AvgIpc) is 2.70. The third-order valence-electron chi connectivity index (χ3n) is 4.56. The van der Waals surface area contributed by atoms with Gasteiger partial charge in [0, 0.05) is 5.39 Å². The van der Waals surface area contributed by atoms with E-state index in [2.05, 4.69) is 5.32 Å². The fourth-order valence-electron chi connectivity index (χ4n) is 3.23. The maximum atomic E-state index is 13.6. The van der Waals surface area contributed by atoms with Gasteiger partial charge in [0.1, 0.15) is 24.2 Å². The zero-order valence-electron chi connectivity index (χ0n) is 16.7. The predicted molar refractivity (Wildman–Crippen MR) is 116 cm³/mol. The summed E-state index contributed by atoms with van der Waals surface area (Å²) in [6.45, 7) is 1.85. The number of benzene rings is 3. The Morgan fingerprint density at radius 1 is 1.10 bits per heavy atom. The van der Waals surface area contributed by atoms with E-state index in [4.69, 9.17) is 4.74 Å². The first kappa shape index (κ1) is 21.6. The minimum atomic E-state index is -3.80. The molecule has 0 saturated heterocycles. The Morgan fingerprint density at radius 2 is 1.80 bits per heavy atom. The second kappa shape index (κ2) is 9.13. The van der Waals surface area contributed by atoms with Crippen LogP contribution in [0.4, 0.5) is 10.1 Å². The van der Waals surface area contributed by atoms with Crippen molar-refractivity contribution in [2.75, 3.05) is 23.7 Å². The van der Waals surface area contributed by atoms with Gasteiger partial charge in [-0.2, -0.15) is 0 Å². The number of anilines is 1. The molecule has 0 fully saturated rings. The van der Waals surface area contributed by atoms with Crippen molar-refractivity contribution in [3.63, 3.8) is 0 Å². The summed E-state index contributed by atoms with van der Waals surface area (Å²) in [6, 6.07) is 17.6. The maximum absolute atomic E-state index is 13.6. The Morgan fingerprint density at radius 3 is 2.53 bits per heavy atom. The van der Waals surface area contributed by atoms with Gasteiger partial charge in [-0.25, -0.2) is 12.8 Å². The molecule has 1 amide bonds. The fourth-order valence-corrected chi connectivity index (χ4v) is 4.39. The normalized spacial score (nSPS) is 12.4. The minimum Gasteiger partial charge on any atom is -0.491 e. The molecule has 0 heterocycles. The summed E-state index contributed by atoms with van der Waals surface area (Å²) in [5, 5.41) is 4.69. The molecule has 6 nitrogen and oxygen atoms in total. The van der Waals surface area contributed by atoms with E-state index in [1.54, 1.807) is 0 Å². The number of rotatable bonds is 8. The van der Waals surface area contributed by atoms with Crippen LogP contribution in [0.15, 0.2) is 66.7 Å². The number of sulfonamides is 1. The second-order valence-electron chi connectivity index (χ2n) is 6.83. The van der Waals surface area contributed by atoms with Crippen molar-refractivity contribution in [1.82, 2.24) is 5.32 Å². The molecule has 0 aromatic heterocycles. The summed E-state index contributed by atoms with van der Waals surface area (Å²) in [5.74, 6) is -0.392. The number of nitrogens with one attached hydrogen (secondary N) is 1. The maximum Gasteiger partial charge on any atom is 0.243 e. The molecule has 8 heteroatoms. The van der Waals surface area contributed by atoms with Crippen molar-refractivity contribution in [3.05, 3.63) is 72.5 Å². The van der Waals surface area contributed by atoms with Crippen molar-refractivity contribution in [3.8, 4) is 5.75 Å². The Balaban J connectivity index is 1.63. The predicted octanol–water partition coefficient (Wildman–Crippen LogP) is 3.33. The van der Waals surface area contributed by atoms with Gasteiger partial charge in [-0.1, -0.05) is 42.5 Å². The largest absolute Gasteiger partial charge is 0.491 e. The molecule has 0 bridgehead atoms. The Bertz CT molecular complexity index is 1150. The van der Waals surface area contributed by atoms with Crippen LogP contribution in [-0.4, -0.2) is 39.8 Å². The smallest absolute Gasteiger partial charge is 0.243 e. The number of hydrogen-bond acceptors (Lipinski definition) is 4. The van der Waals surface area contributed by atoms with E-state index < -0.39 is 27.8 Å². The van der Waals surface area contributed by atoms with Crippen LogP contribution in [0.2, 0.25) is 0 Å². The van der Waals surface area contributed by atoms with Gasteiger partial charge in [0.25, 0.3) is 0 Å². The third kappa shape index (κ3) is 5.07. The zero-order valence-corrected chi connectivity index (χ0v) is 17.5. The van der Waals surface area contributed by atoms with Crippen LogP contribution in [0, 0.1) is 5.82 Å². The summed E-state index contributed by atoms with van der Waals surface area (Å²) >= 11 is 0. The van der Waals surface area contributed by atoms with Crippen molar-refractivity contribution in [2.45, 2.75) is 13.0 Å². The van der Waals surface area contributed by atoms with E-state index in [9.17, 15) is 17.6 Å². The van der Waals surface area contributed by atoms with Gasteiger partial charge in [0.2, 0.25) is 15.9 Å². The van der Waals surface area contributed by atoms with Gasteiger partial charge < -0.3 is 10.1 Å². The summed E-state index contributed by atoms with van der Waals surface area (Å²) in [4.78, 5) is 12.5. The molecular formula is C22H23FN2O4S. The molecule has 0 aliphatic carbocycles. The van der Waals surface area contributed by atoms with E-state index >= 15 is 0 Å². The molecule has 1 N–H and O–H groups in total. The van der Waals surface area contributed by atoms with Crippen LogP contribution in [0.3, 0.4) is 0 Å². The number of amides is 1. The molecular weight excluding hydrogens is 407 g/mol. The molecule has 158 valence electrons. The lowest BCUT2D eigenvalue weighted by Crippen LogP contribution is -2.48. The molecule has 0 unspecified atom stereocenters. The van der Waals surface area contributed by atoms with Gasteiger partial charge in [-0.15, -0.1) is 0 Å². The van der Waals surface area contributed by atoms with E-state index in [0.29, 0.717) is 5.75 Å². The lowest BCUT2D eigenvalue weighted by Gasteiger charge is -2.28. The number of carbonyl (C=O) groups excluding carboxylic acids is 1. The molecule has 30 heavy (non-hydrogen) atoms. The first-order valence-electron chi connectivity index (χ1n) is 9.40. The van der Waals surface area contributed by atoms with Crippen LogP contribution in [-0.2, 0) is 14.8 Å². The molecule has 0 aliphatic rings. The molecule has 1 atom stereocenters. The fraction of sp³-hybridized carbons (Fsp3) is 0.227. The molecule has 0 aliphatic heterocycles. The highest BCUT2D eigenvalue weighted by molar-refractivity contribution is 7.92. The first-order chi connectivity index (χ1) is 14.3. The van der Waals surface area contributed by atoms with Crippen molar-refractivity contribution in [1.29, 1.82) is 0 Å². The summed E-state index contributed by atoms with van der Waals surface area (Å²) in [5.41, 5.74) is 0.0900. The highest BCUT2D eigenvalue weighted by Gasteiger charge is 2.29. The van der Waals surface area contributed by atoms with Gasteiger partial charge in [0.15, 0.2) is 0 Å². The van der Waals surface area contributed by atoms with Gasteiger partial charge in [-0.3, -0.25) is 9.10 Å². The topological polar surface area (TPSA) is 75.7 Å². The summed E-state index contributed by atoms with van der Waals surface area (Å²) < 4.78 is 44.7. The highest BCUT2D eigenvalue weighted by atomic mass is 32.2. The van der Waals surface area contributed by atoms with Crippen LogP contribution in [0.1, 0.15) is 6.92 Å². The first-order valence-corrected chi connectivity index (χ1v) is 11.3. The van der Waals surface area contributed by atoms with Crippen LogP contribution < -0.4 is 14.4 Å². The standard InChI is InChI=1S/C22H23FN2O4S/c1-16(25(30(2,27)28)19-10-6-9-18(23)15-19)22(26)24-13-14-29-21-12-5-8-17-7-3-4-11-20(17)21/h3-12,15-16H,13-14H2,1-2H3,(H,24,26)/t16-/m1/s1. The molecule has 3 rings (SSSR count). The number of ether oxygens (including phenoxy) is 1. The third-order valence-corrected chi connectivity index (χ3v) is 5.80. The average molecular weight is 431 g/mol. The number of halogens is 1. The number of nitrogens with zero attached hydrogens (tertiary/aromatic N) is 1. The van der Waals surface area contributed by atoms with E-state index in [-0.39, 0.29) is 18.8 Å². The van der Waals surface area contributed by atoms with E-state index in [0.717, 1.165) is 27.4 Å². The van der Waals surface area contributed by atoms with Crippen molar-refractivity contribution in [2.24, 2.45) is 0 Å². The molecule has 0 saturated carbocycles. The van der Waals surface area contributed by atoms with Gasteiger partial charge in [-0.05, 0) is 36.6 Å². The zero-order chi connectivity index (χ0) is 21.7. The minimum absolute atomic E-state index is 0.0900. The van der Waals surface area contributed by atoms with Crippen LogP contribution in [0.25, 0.3) is 10.8 Å². The molecule has 0 radical (unpaired) electrons. The van der Waals surface area contributed by atoms with Crippen LogP contribution in [0.5, 0.6) is 5.75 Å². The number of hydrogen-bond donors (Lipinski definition) is 1. The summed E-state index contributed by atoms with van der Waals surface area (Å²) in [7, 11) is -3.80. The Kier molecular flexibility index (Phi) is 6.56. The van der Waals surface area contributed by atoms with Gasteiger partial charge >= 0.3 is 0 Å². The van der Waals surface area contributed by atoms with Crippen LogP contribution >= 0.6 is 0 Å². The quantitative estimate of drug-likeness (QED) is 0.556. The number of fused-ring (bicyclic) bond motifs is 1. The van der Waals surface area contributed by atoms with E-state index in [1.165, 1.54) is 25.1 Å². The van der Waals surface area contributed by atoms with Crippen molar-refractivity contribution >= 4 is 32.4 Å². The summed E-state index contributed by atoms with van der Waals surface area (Å²) in [6.07, 6.45) is 0.977. The Labute approximate surface area is 175 Å². The van der Waals surface area contributed by atoms with E-state index in [1.807, 2.05) is 42.5 Å².